The van der Waals surface area contributed by atoms with Gasteiger partial charge in [0.2, 0.25) is 5.91 Å². The minimum absolute atomic E-state index is 0.0690. The number of nitrogens with two attached hydrogens (primary N) is 1. The number of nitrogens with one attached hydrogen (secondary N) is 1. The molecular formula is C11H14FN3O. The van der Waals surface area contributed by atoms with Gasteiger partial charge in [0.25, 0.3) is 0 Å². The van der Waals surface area contributed by atoms with Crippen LogP contribution in [0, 0.1) is 11.7 Å². The van der Waals surface area contributed by atoms with Crippen LogP contribution in [-0.4, -0.2) is 16.9 Å². The Morgan fingerprint density at radius 3 is 2.94 bits per heavy atom. The Labute approximate surface area is 93.1 Å². The Bertz CT molecular complexity index is 375. The van der Waals surface area contributed by atoms with Gasteiger partial charge in [0, 0.05) is 12.5 Å². The van der Waals surface area contributed by atoms with Crippen LogP contribution < -0.4 is 11.1 Å². The molecule has 0 aliphatic heterocycles. The van der Waals surface area contributed by atoms with Crippen LogP contribution in [-0.2, 0) is 4.79 Å². The number of anilines is 1. The molecule has 1 unspecified atom stereocenters. The van der Waals surface area contributed by atoms with Crippen LogP contribution in [0.25, 0.3) is 0 Å². The maximum atomic E-state index is 12.6. The van der Waals surface area contributed by atoms with Crippen LogP contribution in [0.1, 0.15) is 19.3 Å². The average molecular weight is 223 g/mol. The third-order valence-electron chi connectivity index (χ3n) is 2.64. The van der Waals surface area contributed by atoms with Gasteiger partial charge in [-0.25, -0.2) is 9.37 Å². The summed E-state index contributed by atoms with van der Waals surface area (Å²) in [5, 5.41) is 2.59. The molecule has 0 bridgehead atoms. The van der Waals surface area contributed by atoms with Crippen LogP contribution in [0.2, 0.25) is 0 Å². The summed E-state index contributed by atoms with van der Waals surface area (Å²) in [5.41, 5.74) is 5.82. The van der Waals surface area contributed by atoms with Gasteiger partial charge < -0.3 is 11.1 Å². The summed E-state index contributed by atoms with van der Waals surface area (Å²) in [6, 6.07) is 2.61. The molecule has 1 aromatic heterocycles. The molecule has 1 aliphatic carbocycles. The maximum absolute atomic E-state index is 12.6. The van der Waals surface area contributed by atoms with E-state index in [4.69, 9.17) is 5.73 Å². The molecule has 1 aromatic rings. The van der Waals surface area contributed by atoms with Crippen molar-refractivity contribution in [2.24, 2.45) is 11.7 Å². The SMILES string of the molecule is NC(CC(=O)Nc1ccc(F)cn1)C1CC1. The standard InChI is InChI=1S/C11H14FN3O/c12-8-3-4-10(14-6-8)15-11(16)5-9(13)7-1-2-7/h3-4,6-7,9H,1-2,5,13H2,(H,14,15,16). The quantitative estimate of drug-likeness (QED) is 0.808. The van der Waals surface area contributed by atoms with Crippen LogP contribution in [0.3, 0.4) is 0 Å². The number of nitrogens with zero attached hydrogens (tertiary/aromatic N) is 1. The summed E-state index contributed by atoms with van der Waals surface area (Å²) in [6.45, 7) is 0. The van der Waals surface area contributed by atoms with Crippen LogP contribution >= 0.6 is 0 Å². The fourth-order valence-corrected chi connectivity index (χ4v) is 1.55. The Morgan fingerprint density at radius 1 is 1.62 bits per heavy atom. The second kappa shape index (κ2) is 4.57. The van der Waals surface area contributed by atoms with Crippen molar-refractivity contribution in [2.75, 3.05) is 5.32 Å². The third-order valence-corrected chi connectivity index (χ3v) is 2.64. The van der Waals surface area contributed by atoms with E-state index in [2.05, 4.69) is 10.3 Å². The van der Waals surface area contributed by atoms with Gasteiger partial charge in [-0.1, -0.05) is 0 Å². The summed E-state index contributed by atoms with van der Waals surface area (Å²) in [5.74, 6) is 0.257. The molecule has 1 fully saturated rings. The van der Waals surface area contributed by atoms with E-state index in [1.165, 1.54) is 12.1 Å². The Kier molecular flexibility index (Phi) is 3.14. The van der Waals surface area contributed by atoms with E-state index in [0.29, 0.717) is 18.2 Å². The summed E-state index contributed by atoms with van der Waals surface area (Å²) in [6.07, 6.45) is 3.59. The molecule has 1 saturated carbocycles. The number of pyridine rings is 1. The second-order valence-electron chi connectivity index (χ2n) is 4.12. The van der Waals surface area contributed by atoms with Gasteiger partial charge in [-0.2, -0.15) is 0 Å². The van der Waals surface area contributed by atoms with Crippen molar-refractivity contribution in [1.82, 2.24) is 4.98 Å². The molecule has 5 heteroatoms. The Morgan fingerprint density at radius 2 is 2.38 bits per heavy atom. The van der Waals surface area contributed by atoms with Crippen LogP contribution in [0.15, 0.2) is 18.3 Å². The molecule has 4 nitrogen and oxygen atoms in total. The first-order chi connectivity index (χ1) is 7.65. The highest BCUT2D eigenvalue weighted by Crippen LogP contribution is 2.32. The highest BCUT2D eigenvalue weighted by atomic mass is 19.1. The molecule has 1 atom stereocenters. The number of rotatable bonds is 4. The molecule has 3 N–H and O–H groups in total. The molecule has 0 saturated heterocycles. The number of carbonyl (C=O) groups is 1. The van der Waals surface area contributed by atoms with Gasteiger partial charge in [-0.05, 0) is 30.9 Å². The van der Waals surface area contributed by atoms with E-state index in [9.17, 15) is 9.18 Å². The molecule has 1 heterocycles. The maximum Gasteiger partial charge on any atom is 0.227 e. The van der Waals surface area contributed by atoms with Crippen LogP contribution in [0.4, 0.5) is 10.2 Å². The molecule has 16 heavy (non-hydrogen) atoms. The minimum Gasteiger partial charge on any atom is -0.327 e. The zero-order valence-corrected chi connectivity index (χ0v) is 8.82. The lowest BCUT2D eigenvalue weighted by Gasteiger charge is -2.09. The smallest absolute Gasteiger partial charge is 0.227 e. The topological polar surface area (TPSA) is 68.0 Å². The summed E-state index contributed by atoms with van der Waals surface area (Å²) in [4.78, 5) is 15.3. The molecule has 0 radical (unpaired) electrons. The van der Waals surface area contributed by atoms with Crippen molar-refractivity contribution in [3.05, 3.63) is 24.1 Å². The number of hydrogen-bond acceptors (Lipinski definition) is 3. The van der Waals surface area contributed by atoms with Gasteiger partial charge in [0.15, 0.2) is 0 Å². The monoisotopic (exact) mass is 223 g/mol. The molecule has 0 aromatic carbocycles. The molecule has 2 rings (SSSR count). The van der Waals surface area contributed by atoms with Gasteiger partial charge in [0.1, 0.15) is 11.6 Å². The van der Waals surface area contributed by atoms with E-state index < -0.39 is 5.82 Å². The molecule has 0 spiro atoms. The Balaban J connectivity index is 1.84. The van der Waals surface area contributed by atoms with Crippen molar-refractivity contribution < 1.29 is 9.18 Å². The van der Waals surface area contributed by atoms with Gasteiger partial charge in [0.05, 0.1) is 6.20 Å². The van der Waals surface area contributed by atoms with E-state index >= 15 is 0 Å². The fourth-order valence-electron chi connectivity index (χ4n) is 1.55. The second-order valence-corrected chi connectivity index (χ2v) is 4.12. The third kappa shape index (κ3) is 3.00. The van der Waals surface area contributed by atoms with Gasteiger partial charge in [-0.15, -0.1) is 0 Å². The first-order valence-corrected chi connectivity index (χ1v) is 5.32. The lowest BCUT2D eigenvalue weighted by molar-refractivity contribution is -0.116. The molecule has 1 aliphatic rings. The Hall–Kier alpha value is -1.49. The molecule has 1 amide bonds. The number of halogens is 1. The van der Waals surface area contributed by atoms with Crippen molar-refractivity contribution >= 4 is 11.7 Å². The van der Waals surface area contributed by atoms with Gasteiger partial charge >= 0.3 is 0 Å². The first kappa shape index (κ1) is 11.0. The van der Waals surface area contributed by atoms with E-state index in [1.54, 1.807) is 0 Å². The van der Waals surface area contributed by atoms with E-state index in [0.717, 1.165) is 19.0 Å². The summed E-state index contributed by atoms with van der Waals surface area (Å²) >= 11 is 0. The van der Waals surface area contributed by atoms with Crippen molar-refractivity contribution in [1.29, 1.82) is 0 Å². The largest absolute Gasteiger partial charge is 0.327 e. The minimum atomic E-state index is -0.423. The average Bonchev–Trinajstić information content (AvgIpc) is 3.04. The highest BCUT2D eigenvalue weighted by molar-refractivity contribution is 5.90. The van der Waals surface area contributed by atoms with E-state index in [-0.39, 0.29) is 11.9 Å². The lowest BCUT2D eigenvalue weighted by Crippen LogP contribution is -2.29. The fraction of sp³-hybridized carbons (Fsp3) is 0.455. The highest BCUT2D eigenvalue weighted by Gasteiger charge is 2.29. The lowest BCUT2D eigenvalue weighted by atomic mass is 10.1. The van der Waals surface area contributed by atoms with Crippen molar-refractivity contribution in [2.45, 2.75) is 25.3 Å². The first-order valence-electron chi connectivity index (χ1n) is 5.32. The normalized spacial score (nSPS) is 16.9. The zero-order valence-electron chi connectivity index (χ0n) is 8.82. The van der Waals surface area contributed by atoms with Crippen LogP contribution in [0.5, 0.6) is 0 Å². The number of hydrogen-bond donors (Lipinski definition) is 2. The van der Waals surface area contributed by atoms with Gasteiger partial charge in [-0.3, -0.25) is 4.79 Å². The summed E-state index contributed by atoms with van der Waals surface area (Å²) < 4.78 is 12.6. The molecular weight excluding hydrogens is 209 g/mol. The van der Waals surface area contributed by atoms with E-state index in [1.807, 2.05) is 0 Å². The van der Waals surface area contributed by atoms with Crippen molar-refractivity contribution in [3.8, 4) is 0 Å². The zero-order chi connectivity index (χ0) is 11.5. The number of amides is 1. The van der Waals surface area contributed by atoms with Crippen molar-refractivity contribution in [3.63, 3.8) is 0 Å². The summed E-state index contributed by atoms with van der Waals surface area (Å²) in [7, 11) is 0. The predicted molar refractivity (Wildman–Crippen MR) is 58.1 cm³/mol. The molecule has 86 valence electrons. The number of aromatic nitrogens is 1. The number of carbonyl (C=O) groups excluding carboxylic acids is 1. The predicted octanol–water partition coefficient (Wildman–Crippen LogP) is 1.29.